The fraction of sp³-hybridized carbons (Fsp3) is 0.571. The van der Waals surface area contributed by atoms with Crippen LogP contribution in [0, 0.1) is 0 Å². The summed E-state index contributed by atoms with van der Waals surface area (Å²) in [7, 11) is 0. The molecule has 0 heterocycles. The van der Waals surface area contributed by atoms with Crippen LogP contribution in [-0.4, -0.2) is 11.7 Å². The Morgan fingerprint density at radius 1 is 1.05 bits per heavy atom. The summed E-state index contributed by atoms with van der Waals surface area (Å²) >= 11 is 6.33. The number of ether oxygens (including phenoxy) is 1. The Morgan fingerprint density at radius 3 is 2.47 bits per heavy atom. The van der Waals surface area contributed by atoms with Gasteiger partial charge in [-0.25, -0.2) is 0 Å². The molecule has 1 fully saturated rings. The zero-order chi connectivity index (χ0) is 13.9. The Bertz CT molecular complexity index is 419. The Morgan fingerprint density at radius 2 is 1.74 bits per heavy atom. The van der Waals surface area contributed by atoms with Gasteiger partial charge in [-0.15, -0.1) is 24.8 Å². The van der Waals surface area contributed by atoms with Gasteiger partial charge in [0, 0.05) is 11.3 Å². The zero-order valence-electron chi connectivity index (χ0n) is 10.4. The van der Waals surface area contributed by atoms with E-state index in [9.17, 15) is 13.2 Å². The highest BCUT2D eigenvalue weighted by molar-refractivity contribution is 6.21. The van der Waals surface area contributed by atoms with Crippen LogP contribution in [0.15, 0.2) is 24.3 Å². The molecule has 0 aromatic heterocycles. The highest BCUT2D eigenvalue weighted by Crippen LogP contribution is 2.40. The normalized spacial score (nSPS) is 24.8. The quantitative estimate of drug-likeness (QED) is 0.535. The molecule has 0 bridgehead atoms. The molecule has 1 saturated carbocycles. The van der Waals surface area contributed by atoms with Gasteiger partial charge in [-0.3, -0.25) is 0 Å². The van der Waals surface area contributed by atoms with Gasteiger partial charge in [0.05, 0.1) is 0 Å². The van der Waals surface area contributed by atoms with Gasteiger partial charge in [0.2, 0.25) is 0 Å². The van der Waals surface area contributed by atoms with E-state index in [1.807, 2.05) is 0 Å². The molecule has 1 aliphatic carbocycles. The SMILES string of the molecule is FC(F)(F)Oc1ccccc1C1CCCCCC1Cl. The first-order valence-corrected chi connectivity index (χ1v) is 6.90. The third-order valence-electron chi connectivity index (χ3n) is 3.48. The first-order valence-electron chi connectivity index (χ1n) is 6.46. The molecule has 0 spiro atoms. The Labute approximate surface area is 115 Å². The predicted molar refractivity (Wildman–Crippen MR) is 68.6 cm³/mol. The van der Waals surface area contributed by atoms with Gasteiger partial charge in [0.1, 0.15) is 5.75 Å². The number of benzene rings is 1. The first-order chi connectivity index (χ1) is 8.97. The van der Waals surface area contributed by atoms with Crippen LogP contribution >= 0.6 is 11.6 Å². The fourth-order valence-electron chi connectivity index (χ4n) is 2.62. The minimum absolute atomic E-state index is 0.0669. The summed E-state index contributed by atoms with van der Waals surface area (Å²) in [5.41, 5.74) is 0.571. The molecule has 2 unspecified atom stereocenters. The molecule has 19 heavy (non-hydrogen) atoms. The standard InChI is InChI=1S/C14H16ClF3O/c15-12-8-3-1-2-6-10(12)11-7-4-5-9-13(11)19-14(16,17)18/h4-5,7,9-10,12H,1-3,6,8H2. The monoisotopic (exact) mass is 292 g/mol. The van der Waals surface area contributed by atoms with Crippen molar-refractivity contribution >= 4 is 11.6 Å². The second-order valence-corrected chi connectivity index (χ2v) is 5.41. The maximum atomic E-state index is 12.4. The fourth-order valence-corrected chi connectivity index (χ4v) is 3.03. The van der Waals surface area contributed by atoms with Crippen molar-refractivity contribution in [2.75, 3.05) is 0 Å². The third-order valence-corrected chi connectivity index (χ3v) is 4.00. The van der Waals surface area contributed by atoms with E-state index in [4.69, 9.17) is 11.6 Å². The minimum Gasteiger partial charge on any atom is -0.405 e. The van der Waals surface area contributed by atoms with Gasteiger partial charge < -0.3 is 4.74 Å². The lowest BCUT2D eigenvalue weighted by Gasteiger charge is -2.23. The van der Waals surface area contributed by atoms with E-state index in [0.717, 1.165) is 32.1 Å². The smallest absolute Gasteiger partial charge is 0.405 e. The molecule has 1 aromatic rings. The molecule has 1 aromatic carbocycles. The lowest BCUT2D eigenvalue weighted by atomic mass is 9.90. The zero-order valence-corrected chi connectivity index (χ0v) is 11.2. The molecule has 1 nitrogen and oxygen atoms in total. The van der Waals surface area contributed by atoms with Crippen LogP contribution in [0.3, 0.4) is 0 Å². The highest BCUT2D eigenvalue weighted by Gasteiger charge is 2.34. The molecule has 1 aliphatic rings. The van der Waals surface area contributed by atoms with Crippen molar-refractivity contribution in [1.29, 1.82) is 0 Å². The van der Waals surface area contributed by atoms with Gasteiger partial charge in [0.25, 0.3) is 0 Å². The maximum Gasteiger partial charge on any atom is 0.573 e. The van der Waals surface area contributed by atoms with Crippen LogP contribution in [0.2, 0.25) is 0 Å². The molecule has 2 rings (SSSR count). The van der Waals surface area contributed by atoms with Gasteiger partial charge in [-0.2, -0.15) is 0 Å². The average molecular weight is 293 g/mol. The van der Waals surface area contributed by atoms with Crippen molar-refractivity contribution in [2.24, 2.45) is 0 Å². The molecule has 106 valence electrons. The lowest BCUT2D eigenvalue weighted by molar-refractivity contribution is -0.275. The molecule has 5 heteroatoms. The van der Waals surface area contributed by atoms with Gasteiger partial charge in [-0.1, -0.05) is 37.5 Å². The van der Waals surface area contributed by atoms with E-state index < -0.39 is 6.36 Å². The van der Waals surface area contributed by atoms with Crippen LogP contribution in [0.25, 0.3) is 0 Å². The molecular formula is C14H16ClF3O. The van der Waals surface area contributed by atoms with Crippen molar-refractivity contribution in [3.05, 3.63) is 29.8 Å². The van der Waals surface area contributed by atoms with Crippen LogP contribution in [0.1, 0.15) is 43.6 Å². The summed E-state index contributed by atoms with van der Waals surface area (Å²) in [5.74, 6) is -0.185. The van der Waals surface area contributed by atoms with Crippen molar-refractivity contribution in [3.63, 3.8) is 0 Å². The van der Waals surface area contributed by atoms with Crippen LogP contribution in [0.4, 0.5) is 13.2 Å². The average Bonchev–Trinajstić information content (AvgIpc) is 2.53. The third kappa shape index (κ3) is 4.03. The Balaban J connectivity index is 2.27. The molecule has 0 saturated heterocycles. The van der Waals surface area contributed by atoms with Crippen LogP contribution in [-0.2, 0) is 0 Å². The summed E-state index contributed by atoms with van der Waals surface area (Å²) in [5, 5.41) is -0.125. The van der Waals surface area contributed by atoms with Crippen molar-refractivity contribution in [1.82, 2.24) is 0 Å². The number of hydrogen-bond acceptors (Lipinski definition) is 1. The van der Waals surface area contributed by atoms with Gasteiger partial charge in [0.15, 0.2) is 0 Å². The lowest BCUT2D eigenvalue weighted by Crippen LogP contribution is -2.20. The van der Waals surface area contributed by atoms with E-state index in [0.29, 0.717) is 5.56 Å². The second-order valence-electron chi connectivity index (χ2n) is 4.85. The number of rotatable bonds is 2. The summed E-state index contributed by atoms with van der Waals surface area (Å²) in [6.45, 7) is 0. The summed E-state index contributed by atoms with van der Waals surface area (Å²) < 4.78 is 41.3. The van der Waals surface area contributed by atoms with E-state index in [1.54, 1.807) is 18.2 Å². The van der Waals surface area contributed by atoms with Gasteiger partial charge >= 0.3 is 6.36 Å². The number of alkyl halides is 4. The largest absolute Gasteiger partial charge is 0.573 e. The summed E-state index contributed by atoms with van der Waals surface area (Å²) in [4.78, 5) is 0. The molecule has 0 N–H and O–H groups in total. The topological polar surface area (TPSA) is 9.23 Å². The Kier molecular flexibility index (Phi) is 4.61. The van der Waals surface area contributed by atoms with Crippen LogP contribution < -0.4 is 4.74 Å². The number of para-hydroxylation sites is 1. The number of hydrogen-bond donors (Lipinski definition) is 0. The predicted octanol–water partition coefficient (Wildman–Crippen LogP) is 5.24. The van der Waals surface area contributed by atoms with E-state index in [1.165, 1.54) is 6.07 Å². The second kappa shape index (κ2) is 6.04. The minimum atomic E-state index is -4.66. The number of halogens is 4. The first kappa shape index (κ1) is 14.5. The van der Waals surface area contributed by atoms with E-state index >= 15 is 0 Å². The molecule has 0 amide bonds. The van der Waals surface area contributed by atoms with Crippen molar-refractivity contribution < 1.29 is 17.9 Å². The van der Waals surface area contributed by atoms with Crippen molar-refractivity contribution in [2.45, 2.75) is 49.8 Å². The Hall–Kier alpha value is -0.900. The van der Waals surface area contributed by atoms with E-state index in [2.05, 4.69) is 4.74 Å². The summed E-state index contributed by atoms with van der Waals surface area (Å²) in [6.07, 6.45) is 0.102. The van der Waals surface area contributed by atoms with Gasteiger partial charge in [-0.05, 0) is 24.5 Å². The molecule has 0 radical (unpaired) electrons. The summed E-state index contributed by atoms with van der Waals surface area (Å²) in [6, 6.07) is 6.32. The van der Waals surface area contributed by atoms with Crippen LogP contribution in [0.5, 0.6) is 5.75 Å². The maximum absolute atomic E-state index is 12.4. The highest BCUT2D eigenvalue weighted by atomic mass is 35.5. The van der Waals surface area contributed by atoms with E-state index in [-0.39, 0.29) is 17.0 Å². The van der Waals surface area contributed by atoms with Crippen molar-refractivity contribution in [3.8, 4) is 5.75 Å². The molecule has 2 atom stereocenters. The molecule has 0 aliphatic heterocycles. The molecular weight excluding hydrogens is 277 g/mol.